The third kappa shape index (κ3) is 7.57. The van der Waals surface area contributed by atoms with Gasteiger partial charge in [0.05, 0.1) is 6.61 Å². The summed E-state index contributed by atoms with van der Waals surface area (Å²) >= 11 is 0. The SMILES string of the molecule is CCOc1cc(/C=C/C(=O)OCC(=O)Nc2ccc(F)cc2)ccc1OC(F)F. The molecule has 1 amide bonds. The molecule has 0 aliphatic carbocycles. The highest BCUT2D eigenvalue weighted by Gasteiger charge is 2.11. The summed E-state index contributed by atoms with van der Waals surface area (Å²) in [5.74, 6) is -1.85. The Morgan fingerprint density at radius 2 is 1.83 bits per heavy atom. The number of esters is 1. The number of alkyl halides is 2. The number of amides is 1. The number of carbonyl (C=O) groups excluding carboxylic acids is 2. The van der Waals surface area contributed by atoms with Gasteiger partial charge in [0.2, 0.25) is 0 Å². The molecule has 0 unspecified atom stereocenters. The molecular formula is C20H18F3NO5. The number of hydrogen-bond acceptors (Lipinski definition) is 5. The largest absolute Gasteiger partial charge is 0.490 e. The summed E-state index contributed by atoms with van der Waals surface area (Å²) in [6.45, 7) is -1.61. The number of halogens is 3. The Morgan fingerprint density at radius 1 is 1.10 bits per heavy atom. The van der Waals surface area contributed by atoms with Gasteiger partial charge in [0.1, 0.15) is 5.82 Å². The fourth-order valence-electron chi connectivity index (χ4n) is 2.17. The van der Waals surface area contributed by atoms with Crippen molar-refractivity contribution >= 4 is 23.6 Å². The van der Waals surface area contributed by atoms with Crippen molar-refractivity contribution in [2.75, 3.05) is 18.5 Å². The van der Waals surface area contributed by atoms with Gasteiger partial charge in [-0.25, -0.2) is 9.18 Å². The van der Waals surface area contributed by atoms with Gasteiger partial charge in [-0.3, -0.25) is 4.79 Å². The Bertz CT molecular complexity index is 869. The summed E-state index contributed by atoms with van der Waals surface area (Å²) in [4.78, 5) is 23.5. The van der Waals surface area contributed by atoms with E-state index in [4.69, 9.17) is 9.47 Å². The van der Waals surface area contributed by atoms with E-state index in [1.807, 2.05) is 0 Å². The Hall–Kier alpha value is -3.49. The van der Waals surface area contributed by atoms with Crippen LogP contribution in [0.3, 0.4) is 0 Å². The zero-order valence-corrected chi connectivity index (χ0v) is 15.4. The Morgan fingerprint density at radius 3 is 2.48 bits per heavy atom. The molecule has 2 aromatic rings. The lowest BCUT2D eigenvalue weighted by Crippen LogP contribution is -2.20. The molecule has 2 rings (SSSR count). The molecule has 0 bridgehead atoms. The lowest BCUT2D eigenvalue weighted by Gasteiger charge is -2.11. The minimum atomic E-state index is -2.99. The molecule has 2 aromatic carbocycles. The van der Waals surface area contributed by atoms with Crippen LogP contribution in [0.25, 0.3) is 6.08 Å². The molecule has 1 N–H and O–H groups in total. The summed E-state index contributed by atoms with van der Waals surface area (Å²) < 4.78 is 52.0. The van der Waals surface area contributed by atoms with Crippen LogP contribution in [0, 0.1) is 5.82 Å². The third-order valence-corrected chi connectivity index (χ3v) is 3.37. The topological polar surface area (TPSA) is 73.9 Å². The number of nitrogens with one attached hydrogen (secondary N) is 1. The zero-order valence-electron chi connectivity index (χ0n) is 15.4. The Kier molecular flexibility index (Phi) is 8.08. The maximum absolute atomic E-state index is 12.8. The Labute approximate surface area is 164 Å². The predicted octanol–water partition coefficient (Wildman–Crippen LogP) is 4.02. The number of anilines is 1. The van der Waals surface area contributed by atoms with Crippen LogP contribution < -0.4 is 14.8 Å². The molecule has 0 radical (unpaired) electrons. The van der Waals surface area contributed by atoms with Crippen molar-refractivity contribution in [3.8, 4) is 11.5 Å². The minimum absolute atomic E-state index is 0.0991. The Balaban J connectivity index is 1.89. The number of rotatable bonds is 9. The first-order chi connectivity index (χ1) is 13.9. The standard InChI is InChI=1S/C20H18F3NO5/c1-2-27-17-11-13(3-9-16(17)29-20(22)23)4-10-19(26)28-12-18(25)24-15-7-5-14(21)6-8-15/h3-11,20H,2,12H2,1H3,(H,24,25)/b10-4+. The van der Waals surface area contributed by atoms with Crippen molar-refractivity contribution in [1.82, 2.24) is 0 Å². The second-order valence-electron chi connectivity index (χ2n) is 5.51. The maximum Gasteiger partial charge on any atom is 0.387 e. The van der Waals surface area contributed by atoms with Gasteiger partial charge >= 0.3 is 12.6 Å². The zero-order chi connectivity index (χ0) is 21.2. The first-order valence-corrected chi connectivity index (χ1v) is 8.49. The van der Waals surface area contributed by atoms with Gasteiger partial charge in [0.25, 0.3) is 5.91 Å². The second kappa shape index (κ2) is 10.7. The molecule has 9 heteroatoms. The lowest BCUT2D eigenvalue weighted by atomic mass is 10.2. The fraction of sp³-hybridized carbons (Fsp3) is 0.200. The van der Waals surface area contributed by atoms with Gasteiger partial charge in [0.15, 0.2) is 18.1 Å². The predicted molar refractivity (Wildman–Crippen MR) is 99.3 cm³/mol. The summed E-state index contributed by atoms with van der Waals surface area (Å²) in [6, 6.07) is 9.26. The van der Waals surface area contributed by atoms with Crippen LogP contribution >= 0.6 is 0 Å². The van der Waals surface area contributed by atoms with Crippen molar-refractivity contribution in [3.05, 3.63) is 59.9 Å². The highest BCUT2D eigenvalue weighted by Crippen LogP contribution is 2.30. The van der Waals surface area contributed by atoms with E-state index >= 15 is 0 Å². The van der Waals surface area contributed by atoms with E-state index in [0.717, 1.165) is 6.08 Å². The quantitative estimate of drug-likeness (QED) is 0.500. The molecule has 154 valence electrons. The van der Waals surface area contributed by atoms with Crippen LogP contribution in [-0.2, 0) is 14.3 Å². The van der Waals surface area contributed by atoms with Crippen molar-refractivity contribution in [3.63, 3.8) is 0 Å². The van der Waals surface area contributed by atoms with Gasteiger partial charge < -0.3 is 19.5 Å². The van der Waals surface area contributed by atoms with E-state index in [0.29, 0.717) is 11.3 Å². The van der Waals surface area contributed by atoms with Crippen molar-refractivity contribution in [2.24, 2.45) is 0 Å². The van der Waals surface area contributed by atoms with Crippen LogP contribution in [0.2, 0.25) is 0 Å². The average molecular weight is 409 g/mol. The summed E-state index contributed by atoms with van der Waals surface area (Å²) in [7, 11) is 0. The van der Waals surface area contributed by atoms with Crippen LogP contribution in [-0.4, -0.2) is 31.7 Å². The highest BCUT2D eigenvalue weighted by atomic mass is 19.3. The van der Waals surface area contributed by atoms with Crippen LogP contribution in [0.5, 0.6) is 11.5 Å². The number of ether oxygens (including phenoxy) is 3. The van der Waals surface area contributed by atoms with E-state index in [9.17, 15) is 22.8 Å². The molecular weight excluding hydrogens is 391 g/mol. The van der Waals surface area contributed by atoms with Gasteiger partial charge in [-0.15, -0.1) is 0 Å². The van der Waals surface area contributed by atoms with E-state index in [-0.39, 0.29) is 18.1 Å². The van der Waals surface area contributed by atoms with Crippen molar-refractivity contribution in [2.45, 2.75) is 13.5 Å². The number of benzene rings is 2. The van der Waals surface area contributed by atoms with Crippen molar-refractivity contribution in [1.29, 1.82) is 0 Å². The molecule has 0 saturated heterocycles. The molecule has 0 saturated carbocycles. The average Bonchev–Trinajstić information content (AvgIpc) is 2.68. The monoisotopic (exact) mass is 409 g/mol. The third-order valence-electron chi connectivity index (χ3n) is 3.37. The second-order valence-corrected chi connectivity index (χ2v) is 5.51. The molecule has 0 fully saturated rings. The molecule has 0 atom stereocenters. The minimum Gasteiger partial charge on any atom is -0.490 e. The van der Waals surface area contributed by atoms with Crippen LogP contribution in [0.1, 0.15) is 12.5 Å². The van der Waals surface area contributed by atoms with E-state index < -0.39 is 30.9 Å². The van der Waals surface area contributed by atoms with Crippen LogP contribution in [0.15, 0.2) is 48.5 Å². The van der Waals surface area contributed by atoms with Crippen molar-refractivity contribution < 1.29 is 37.0 Å². The van der Waals surface area contributed by atoms with Gasteiger partial charge in [-0.05, 0) is 55.0 Å². The molecule has 0 aliphatic heterocycles. The number of carbonyl (C=O) groups is 2. The van der Waals surface area contributed by atoms with Crippen LogP contribution in [0.4, 0.5) is 18.9 Å². The maximum atomic E-state index is 12.8. The highest BCUT2D eigenvalue weighted by molar-refractivity contribution is 5.94. The smallest absolute Gasteiger partial charge is 0.387 e. The molecule has 0 heterocycles. The molecule has 29 heavy (non-hydrogen) atoms. The first kappa shape index (κ1) is 21.8. The van der Waals surface area contributed by atoms with E-state index in [1.165, 1.54) is 48.5 Å². The molecule has 0 aromatic heterocycles. The number of hydrogen-bond donors (Lipinski definition) is 1. The fourth-order valence-corrected chi connectivity index (χ4v) is 2.17. The summed E-state index contributed by atoms with van der Waals surface area (Å²) in [6.07, 6.45) is 2.44. The van der Waals surface area contributed by atoms with Gasteiger partial charge in [-0.1, -0.05) is 6.07 Å². The van der Waals surface area contributed by atoms with E-state index in [1.54, 1.807) is 6.92 Å². The first-order valence-electron chi connectivity index (χ1n) is 8.49. The van der Waals surface area contributed by atoms with E-state index in [2.05, 4.69) is 10.1 Å². The summed E-state index contributed by atoms with van der Waals surface area (Å²) in [5.41, 5.74) is 0.834. The summed E-state index contributed by atoms with van der Waals surface area (Å²) in [5, 5.41) is 2.44. The lowest BCUT2D eigenvalue weighted by molar-refractivity contribution is -0.142. The van der Waals surface area contributed by atoms with Gasteiger partial charge in [-0.2, -0.15) is 8.78 Å². The normalized spacial score (nSPS) is 10.8. The molecule has 0 aliphatic rings. The van der Waals surface area contributed by atoms with Gasteiger partial charge in [0, 0.05) is 11.8 Å². The molecule has 6 nitrogen and oxygen atoms in total. The molecule has 0 spiro atoms.